The molecule has 0 fully saturated rings. The first kappa shape index (κ1) is 19.2. The highest BCUT2D eigenvalue weighted by atomic mass is 16.6. The van der Waals surface area contributed by atoms with Gasteiger partial charge in [-0.1, -0.05) is 47.1 Å². The fourth-order valence-corrected chi connectivity index (χ4v) is 3.87. The van der Waals surface area contributed by atoms with Crippen molar-refractivity contribution in [2.24, 2.45) is 5.16 Å². The van der Waals surface area contributed by atoms with Gasteiger partial charge in [0.25, 0.3) is 0 Å². The van der Waals surface area contributed by atoms with Crippen LogP contribution >= 0.6 is 0 Å². The third-order valence-corrected chi connectivity index (χ3v) is 5.05. The van der Waals surface area contributed by atoms with E-state index < -0.39 is 0 Å². The SMILES string of the molecule is CCOC(=O)CCc1ccc2ccccc2c1C1=C(C)CCC/C1=N\OC. The molecule has 3 rings (SSSR count). The summed E-state index contributed by atoms with van der Waals surface area (Å²) >= 11 is 0. The van der Waals surface area contributed by atoms with E-state index in [4.69, 9.17) is 9.57 Å². The topological polar surface area (TPSA) is 47.9 Å². The third kappa shape index (κ3) is 4.21. The highest BCUT2D eigenvalue weighted by Gasteiger charge is 2.23. The zero-order chi connectivity index (χ0) is 19.2. The fourth-order valence-electron chi connectivity index (χ4n) is 3.87. The minimum absolute atomic E-state index is 0.156. The molecule has 0 saturated carbocycles. The second-order valence-electron chi connectivity index (χ2n) is 6.86. The summed E-state index contributed by atoms with van der Waals surface area (Å²) < 4.78 is 5.12. The zero-order valence-electron chi connectivity index (χ0n) is 16.4. The van der Waals surface area contributed by atoms with Crippen LogP contribution in [0.25, 0.3) is 16.3 Å². The van der Waals surface area contributed by atoms with Crippen LogP contribution in [0.15, 0.2) is 47.1 Å². The Morgan fingerprint density at radius 3 is 2.74 bits per heavy atom. The molecule has 142 valence electrons. The Morgan fingerprint density at radius 2 is 1.96 bits per heavy atom. The molecule has 2 aromatic rings. The molecule has 2 aromatic carbocycles. The second kappa shape index (κ2) is 8.85. The first-order chi connectivity index (χ1) is 13.2. The molecule has 1 aliphatic rings. The van der Waals surface area contributed by atoms with Crippen LogP contribution in [-0.4, -0.2) is 25.4 Å². The zero-order valence-corrected chi connectivity index (χ0v) is 16.4. The lowest BCUT2D eigenvalue weighted by Gasteiger charge is -2.23. The van der Waals surface area contributed by atoms with Gasteiger partial charge in [-0.25, -0.2) is 0 Å². The molecular weight excluding hydrogens is 338 g/mol. The van der Waals surface area contributed by atoms with Crippen LogP contribution in [0.3, 0.4) is 0 Å². The van der Waals surface area contributed by atoms with E-state index in [9.17, 15) is 4.79 Å². The van der Waals surface area contributed by atoms with Gasteiger partial charge < -0.3 is 9.57 Å². The van der Waals surface area contributed by atoms with E-state index in [2.05, 4.69) is 48.5 Å². The van der Waals surface area contributed by atoms with Crippen molar-refractivity contribution in [3.8, 4) is 0 Å². The number of rotatable bonds is 6. The van der Waals surface area contributed by atoms with Crippen LogP contribution in [0, 0.1) is 0 Å². The predicted octanol–water partition coefficient (Wildman–Crippen LogP) is 5.30. The van der Waals surface area contributed by atoms with Crippen molar-refractivity contribution in [1.29, 1.82) is 0 Å². The first-order valence-electron chi connectivity index (χ1n) is 9.62. The first-order valence-corrected chi connectivity index (χ1v) is 9.62. The van der Waals surface area contributed by atoms with Gasteiger partial charge in [0.05, 0.1) is 12.3 Å². The van der Waals surface area contributed by atoms with E-state index in [1.165, 1.54) is 27.5 Å². The smallest absolute Gasteiger partial charge is 0.306 e. The fraction of sp³-hybridized carbons (Fsp3) is 0.391. The van der Waals surface area contributed by atoms with Crippen molar-refractivity contribution >= 4 is 28.0 Å². The van der Waals surface area contributed by atoms with Crippen molar-refractivity contribution in [2.75, 3.05) is 13.7 Å². The van der Waals surface area contributed by atoms with E-state index in [1.807, 2.05) is 6.92 Å². The van der Waals surface area contributed by atoms with Crippen LogP contribution in [-0.2, 0) is 20.8 Å². The number of ether oxygens (including phenoxy) is 1. The van der Waals surface area contributed by atoms with Gasteiger partial charge in [0.15, 0.2) is 0 Å². The minimum atomic E-state index is -0.156. The monoisotopic (exact) mass is 365 g/mol. The lowest BCUT2D eigenvalue weighted by atomic mass is 9.81. The van der Waals surface area contributed by atoms with Gasteiger partial charge in [0.1, 0.15) is 7.11 Å². The van der Waals surface area contributed by atoms with Gasteiger partial charge in [-0.3, -0.25) is 4.79 Å². The summed E-state index contributed by atoms with van der Waals surface area (Å²) in [7, 11) is 1.60. The van der Waals surface area contributed by atoms with Crippen molar-refractivity contribution in [3.63, 3.8) is 0 Å². The van der Waals surface area contributed by atoms with Crippen molar-refractivity contribution in [2.45, 2.75) is 46.0 Å². The molecule has 4 heteroatoms. The Kier molecular flexibility index (Phi) is 6.28. The molecule has 0 heterocycles. The maximum Gasteiger partial charge on any atom is 0.306 e. The number of nitrogens with zero attached hydrogens (tertiary/aromatic N) is 1. The van der Waals surface area contributed by atoms with Gasteiger partial charge in [0.2, 0.25) is 0 Å². The molecule has 0 saturated heterocycles. The molecule has 0 unspecified atom stereocenters. The largest absolute Gasteiger partial charge is 0.466 e. The molecule has 4 nitrogen and oxygen atoms in total. The number of benzene rings is 2. The molecule has 0 radical (unpaired) electrons. The molecule has 0 N–H and O–H groups in total. The van der Waals surface area contributed by atoms with Crippen molar-refractivity contribution in [1.82, 2.24) is 0 Å². The molecule has 0 bridgehead atoms. The Balaban J connectivity index is 2.14. The van der Waals surface area contributed by atoms with Crippen LogP contribution in [0.4, 0.5) is 0 Å². The molecule has 0 aliphatic heterocycles. The normalized spacial score (nSPS) is 16.0. The molecule has 27 heavy (non-hydrogen) atoms. The lowest BCUT2D eigenvalue weighted by Crippen LogP contribution is -2.13. The average molecular weight is 365 g/mol. The Morgan fingerprint density at radius 1 is 1.15 bits per heavy atom. The number of hydrogen-bond donors (Lipinski definition) is 0. The van der Waals surface area contributed by atoms with Crippen LogP contribution in [0.2, 0.25) is 0 Å². The lowest BCUT2D eigenvalue weighted by molar-refractivity contribution is -0.143. The summed E-state index contributed by atoms with van der Waals surface area (Å²) in [6.07, 6.45) is 4.07. The number of esters is 1. The minimum Gasteiger partial charge on any atom is -0.466 e. The number of fused-ring (bicyclic) bond motifs is 1. The van der Waals surface area contributed by atoms with Gasteiger partial charge in [-0.2, -0.15) is 0 Å². The van der Waals surface area contributed by atoms with E-state index >= 15 is 0 Å². The van der Waals surface area contributed by atoms with Gasteiger partial charge in [-0.05, 0) is 61.4 Å². The van der Waals surface area contributed by atoms with Crippen LogP contribution in [0.1, 0.15) is 50.7 Å². The van der Waals surface area contributed by atoms with Crippen LogP contribution < -0.4 is 0 Å². The Labute approximate surface area is 160 Å². The van der Waals surface area contributed by atoms with E-state index in [0.717, 1.165) is 30.5 Å². The number of carbonyl (C=O) groups excluding carboxylic acids is 1. The summed E-state index contributed by atoms with van der Waals surface area (Å²) in [6, 6.07) is 12.7. The quantitative estimate of drug-likeness (QED) is 0.516. The summed E-state index contributed by atoms with van der Waals surface area (Å²) in [4.78, 5) is 17.1. The standard InChI is InChI=1S/C23H27NO3/c1-4-27-21(25)15-14-18-13-12-17-9-5-6-10-19(17)23(18)22-16(2)8-7-11-20(22)24-26-3/h5-6,9-10,12-13H,4,7-8,11,14-15H2,1-3H3/b24-20+. The van der Waals surface area contributed by atoms with Gasteiger partial charge in [-0.15, -0.1) is 0 Å². The molecule has 0 spiro atoms. The van der Waals surface area contributed by atoms with E-state index in [0.29, 0.717) is 19.4 Å². The van der Waals surface area contributed by atoms with Gasteiger partial charge >= 0.3 is 5.97 Å². The van der Waals surface area contributed by atoms with Crippen molar-refractivity contribution in [3.05, 3.63) is 53.1 Å². The number of aryl methyl sites for hydroxylation is 1. The summed E-state index contributed by atoms with van der Waals surface area (Å²) in [5.74, 6) is -0.156. The predicted molar refractivity (Wildman–Crippen MR) is 110 cm³/mol. The van der Waals surface area contributed by atoms with E-state index in [-0.39, 0.29) is 5.97 Å². The number of oxime groups is 1. The number of hydrogen-bond acceptors (Lipinski definition) is 4. The molecule has 0 atom stereocenters. The molecule has 0 amide bonds. The van der Waals surface area contributed by atoms with Gasteiger partial charge in [0, 0.05) is 12.0 Å². The molecular formula is C23H27NO3. The summed E-state index contributed by atoms with van der Waals surface area (Å²) in [5, 5.41) is 6.71. The summed E-state index contributed by atoms with van der Waals surface area (Å²) in [6.45, 7) is 4.43. The third-order valence-electron chi connectivity index (χ3n) is 5.05. The Bertz CT molecular complexity index is 896. The second-order valence-corrected chi connectivity index (χ2v) is 6.86. The molecule has 1 aliphatic carbocycles. The maximum atomic E-state index is 11.9. The highest BCUT2D eigenvalue weighted by Crippen LogP contribution is 2.37. The highest BCUT2D eigenvalue weighted by molar-refractivity contribution is 6.28. The molecule has 0 aromatic heterocycles. The van der Waals surface area contributed by atoms with E-state index in [1.54, 1.807) is 7.11 Å². The summed E-state index contributed by atoms with van der Waals surface area (Å²) in [5.41, 5.74) is 5.84. The number of allylic oxidation sites excluding steroid dienone is 2. The maximum absolute atomic E-state index is 11.9. The average Bonchev–Trinajstić information content (AvgIpc) is 2.67. The number of carbonyl (C=O) groups is 1. The Hall–Kier alpha value is -2.62. The van der Waals surface area contributed by atoms with Crippen LogP contribution in [0.5, 0.6) is 0 Å². The van der Waals surface area contributed by atoms with Crippen molar-refractivity contribution < 1.29 is 14.4 Å².